The van der Waals surface area contributed by atoms with Crippen molar-refractivity contribution in [1.29, 1.82) is 0 Å². The zero-order valence-electron chi connectivity index (χ0n) is 11.6. The highest BCUT2D eigenvalue weighted by Crippen LogP contribution is 2.16. The van der Waals surface area contributed by atoms with Crippen LogP contribution in [0.1, 0.15) is 10.4 Å². The SMILES string of the molecule is CN(CCOc1ccc(Br)cc1)C(=O)c1ccccc1I. The van der Waals surface area contributed by atoms with Crippen molar-refractivity contribution in [3.05, 3.63) is 62.1 Å². The molecule has 110 valence electrons. The van der Waals surface area contributed by atoms with Crippen molar-refractivity contribution in [2.45, 2.75) is 0 Å². The predicted molar refractivity (Wildman–Crippen MR) is 95.8 cm³/mol. The second-order valence-corrected chi connectivity index (χ2v) is 6.59. The van der Waals surface area contributed by atoms with E-state index in [1.165, 1.54) is 0 Å². The summed E-state index contributed by atoms with van der Waals surface area (Å²) in [5.74, 6) is 0.813. The van der Waals surface area contributed by atoms with Gasteiger partial charge in [-0.1, -0.05) is 28.1 Å². The highest BCUT2D eigenvalue weighted by atomic mass is 127. The monoisotopic (exact) mass is 459 g/mol. The van der Waals surface area contributed by atoms with E-state index in [-0.39, 0.29) is 5.91 Å². The van der Waals surface area contributed by atoms with E-state index >= 15 is 0 Å². The molecule has 1 amide bonds. The van der Waals surface area contributed by atoms with Gasteiger partial charge in [-0.3, -0.25) is 4.79 Å². The highest BCUT2D eigenvalue weighted by Gasteiger charge is 2.13. The van der Waals surface area contributed by atoms with Crippen molar-refractivity contribution in [3.63, 3.8) is 0 Å². The van der Waals surface area contributed by atoms with Gasteiger partial charge < -0.3 is 9.64 Å². The number of benzene rings is 2. The molecule has 0 aliphatic rings. The van der Waals surface area contributed by atoms with E-state index in [2.05, 4.69) is 38.5 Å². The molecule has 5 heteroatoms. The van der Waals surface area contributed by atoms with E-state index in [0.29, 0.717) is 13.2 Å². The Morgan fingerprint density at radius 1 is 1.19 bits per heavy atom. The third-order valence-electron chi connectivity index (χ3n) is 2.96. The average Bonchev–Trinajstić information content (AvgIpc) is 2.49. The van der Waals surface area contributed by atoms with E-state index in [4.69, 9.17) is 4.74 Å². The molecule has 0 aliphatic carbocycles. The maximum Gasteiger partial charge on any atom is 0.254 e. The van der Waals surface area contributed by atoms with E-state index in [1.54, 1.807) is 11.9 Å². The first-order chi connectivity index (χ1) is 10.1. The van der Waals surface area contributed by atoms with Crippen LogP contribution in [-0.2, 0) is 0 Å². The average molecular weight is 460 g/mol. The van der Waals surface area contributed by atoms with E-state index < -0.39 is 0 Å². The van der Waals surface area contributed by atoms with Gasteiger partial charge in [0.05, 0.1) is 12.1 Å². The Kier molecular flexibility index (Phi) is 6.05. The van der Waals surface area contributed by atoms with Crippen LogP contribution in [0.25, 0.3) is 0 Å². The number of likely N-dealkylation sites (N-methyl/N-ethyl adjacent to an activating group) is 1. The molecule has 0 spiro atoms. The maximum atomic E-state index is 12.3. The first-order valence-electron chi connectivity index (χ1n) is 6.46. The third-order valence-corrected chi connectivity index (χ3v) is 4.43. The molecule has 2 rings (SSSR count). The summed E-state index contributed by atoms with van der Waals surface area (Å²) in [6.07, 6.45) is 0. The van der Waals surface area contributed by atoms with Crippen molar-refractivity contribution in [1.82, 2.24) is 4.90 Å². The summed E-state index contributed by atoms with van der Waals surface area (Å²) in [6.45, 7) is 1.01. The zero-order valence-corrected chi connectivity index (χ0v) is 15.3. The Balaban J connectivity index is 1.87. The predicted octanol–water partition coefficient (Wildman–Crippen LogP) is 4.20. The standard InChI is InChI=1S/C16H15BrINO2/c1-19(16(20)14-4-2-3-5-15(14)18)10-11-21-13-8-6-12(17)7-9-13/h2-9H,10-11H2,1H3. The summed E-state index contributed by atoms with van der Waals surface area (Å²) in [6, 6.07) is 15.2. The first kappa shape index (κ1) is 16.3. The number of amides is 1. The van der Waals surface area contributed by atoms with Crippen LogP contribution in [0.15, 0.2) is 53.0 Å². The van der Waals surface area contributed by atoms with Crippen LogP contribution < -0.4 is 4.74 Å². The quantitative estimate of drug-likeness (QED) is 0.627. The van der Waals surface area contributed by atoms with Gasteiger partial charge in [0.2, 0.25) is 0 Å². The summed E-state index contributed by atoms with van der Waals surface area (Å²) in [7, 11) is 1.79. The number of carbonyl (C=O) groups excluding carboxylic acids is 1. The number of nitrogens with zero attached hydrogens (tertiary/aromatic N) is 1. The van der Waals surface area contributed by atoms with Gasteiger partial charge in [-0.2, -0.15) is 0 Å². The molecule has 0 aliphatic heterocycles. The largest absolute Gasteiger partial charge is 0.492 e. The fourth-order valence-electron chi connectivity index (χ4n) is 1.77. The number of hydrogen-bond donors (Lipinski definition) is 0. The lowest BCUT2D eigenvalue weighted by atomic mass is 10.2. The van der Waals surface area contributed by atoms with E-state index in [0.717, 1.165) is 19.4 Å². The summed E-state index contributed by atoms with van der Waals surface area (Å²) in [5.41, 5.74) is 0.726. The lowest BCUT2D eigenvalue weighted by molar-refractivity contribution is 0.0772. The topological polar surface area (TPSA) is 29.5 Å². The minimum absolute atomic E-state index is 0.0133. The van der Waals surface area contributed by atoms with Gasteiger partial charge in [0.25, 0.3) is 5.91 Å². The van der Waals surface area contributed by atoms with Crippen LogP contribution in [0.4, 0.5) is 0 Å². The normalized spacial score (nSPS) is 10.2. The van der Waals surface area contributed by atoms with Crippen LogP contribution in [0.2, 0.25) is 0 Å². The lowest BCUT2D eigenvalue weighted by Gasteiger charge is -2.18. The van der Waals surface area contributed by atoms with Gasteiger partial charge in [0, 0.05) is 15.1 Å². The van der Waals surface area contributed by atoms with Gasteiger partial charge in [0.1, 0.15) is 12.4 Å². The lowest BCUT2D eigenvalue weighted by Crippen LogP contribution is -2.31. The molecule has 0 N–H and O–H groups in total. The van der Waals surface area contributed by atoms with Crippen LogP contribution in [0.3, 0.4) is 0 Å². The molecule has 0 radical (unpaired) electrons. The molecular weight excluding hydrogens is 445 g/mol. The molecule has 0 aromatic heterocycles. The third kappa shape index (κ3) is 4.71. The first-order valence-corrected chi connectivity index (χ1v) is 8.33. The van der Waals surface area contributed by atoms with Crippen molar-refractivity contribution >= 4 is 44.4 Å². The number of hydrogen-bond acceptors (Lipinski definition) is 2. The van der Waals surface area contributed by atoms with E-state index in [9.17, 15) is 4.79 Å². The molecule has 2 aromatic rings. The van der Waals surface area contributed by atoms with Crippen LogP contribution in [-0.4, -0.2) is 31.0 Å². The Hall–Kier alpha value is -1.08. The molecule has 2 aromatic carbocycles. The Morgan fingerprint density at radius 3 is 2.52 bits per heavy atom. The summed E-state index contributed by atoms with van der Waals surface area (Å²) >= 11 is 5.56. The second kappa shape index (κ2) is 7.79. The van der Waals surface area contributed by atoms with Gasteiger partial charge in [-0.25, -0.2) is 0 Å². The van der Waals surface area contributed by atoms with Crippen molar-refractivity contribution < 1.29 is 9.53 Å². The summed E-state index contributed by atoms with van der Waals surface area (Å²) in [4.78, 5) is 14.0. The molecule has 0 bridgehead atoms. The van der Waals surface area contributed by atoms with Crippen molar-refractivity contribution in [2.75, 3.05) is 20.2 Å². The van der Waals surface area contributed by atoms with Gasteiger partial charge >= 0.3 is 0 Å². The van der Waals surface area contributed by atoms with Gasteiger partial charge in [-0.15, -0.1) is 0 Å². The summed E-state index contributed by atoms with van der Waals surface area (Å²) in [5, 5.41) is 0. The number of ether oxygens (including phenoxy) is 1. The van der Waals surface area contributed by atoms with Gasteiger partial charge in [0.15, 0.2) is 0 Å². The molecule has 0 heterocycles. The Morgan fingerprint density at radius 2 is 1.86 bits per heavy atom. The number of rotatable bonds is 5. The van der Waals surface area contributed by atoms with Crippen molar-refractivity contribution in [3.8, 4) is 5.75 Å². The molecule has 21 heavy (non-hydrogen) atoms. The maximum absolute atomic E-state index is 12.3. The number of halogens is 2. The number of carbonyl (C=O) groups is 1. The molecule has 0 saturated carbocycles. The molecular formula is C16H15BrINO2. The summed E-state index contributed by atoms with van der Waals surface area (Å²) < 4.78 is 7.61. The smallest absolute Gasteiger partial charge is 0.254 e. The second-order valence-electron chi connectivity index (χ2n) is 4.51. The molecule has 3 nitrogen and oxygen atoms in total. The van der Waals surface area contributed by atoms with Gasteiger partial charge in [-0.05, 0) is 59.0 Å². The fraction of sp³-hybridized carbons (Fsp3) is 0.188. The van der Waals surface area contributed by atoms with Crippen LogP contribution >= 0.6 is 38.5 Å². The van der Waals surface area contributed by atoms with E-state index in [1.807, 2.05) is 48.5 Å². The molecule has 0 atom stereocenters. The minimum Gasteiger partial charge on any atom is -0.492 e. The fourth-order valence-corrected chi connectivity index (χ4v) is 2.66. The molecule has 0 fully saturated rings. The Labute approximate surface area is 146 Å². The van der Waals surface area contributed by atoms with Crippen LogP contribution in [0.5, 0.6) is 5.75 Å². The molecule has 0 saturated heterocycles. The van der Waals surface area contributed by atoms with Crippen LogP contribution in [0, 0.1) is 3.57 Å². The molecule has 0 unspecified atom stereocenters. The zero-order chi connectivity index (χ0) is 15.2. The van der Waals surface area contributed by atoms with Crippen molar-refractivity contribution in [2.24, 2.45) is 0 Å². The Bertz CT molecular complexity index is 616. The minimum atomic E-state index is 0.0133. The highest BCUT2D eigenvalue weighted by molar-refractivity contribution is 14.1.